The number of amides is 1. The molecule has 0 saturated heterocycles. The third-order valence-corrected chi connectivity index (χ3v) is 3.51. The summed E-state index contributed by atoms with van der Waals surface area (Å²) in [5.74, 6) is 0.604. The molecule has 0 radical (unpaired) electrons. The molecule has 0 aliphatic heterocycles. The lowest BCUT2D eigenvalue weighted by molar-refractivity contribution is -0.121. The van der Waals surface area contributed by atoms with Crippen LogP contribution in [0.2, 0.25) is 0 Å². The quantitative estimate of drug-likeness (QED) is 0.832. The van der Waals surface area contributed by atoms with E-state index >= 15 is 0 Å². The second-order valence-corrected chi connectivity index (χ2v) is 5.15. The first-order chi connectivity index (χ1) is 11.1. The van der Waals surface area contributed by atoms with Crippen LogP contribution < -0.4 is 15.6 Å². The number of carbonyl (C=O) groups excluding carboxylic acids is 1. The van der Waals surface area contributed by atoms with Gasteiger partial charge in [-0.1, -0.05) is 19.1 Å². The van der Waals surface area contributed by atoms with E-state index in [1.54, 1.807) is 7.11 Å². The van der Waals surface area contributed by atoms with Gasteiger partial charge in [0, 0.05) is 18.3 Å². The standard InChI is InChI=1S/C17H21N3O3/c1-3-14-10-17(22)20(12-19-14)11-16(21)18-9-8-13-4-6-15(23-2)7-5-13/h4-7,10,12H,3,8-9,11H2,1-2H3,(H,18,21). The lowest BCUT2D eigenvalue weighted by atomic mass is 10.1. The van der Waals surface area contributed by atoms with Crippen molar-refractivity contribution in [3.8, 4) is 5.75 Å². The van der Waals surface area contributed by atoms with Crippen LogP contribution in [0.3, 0.4) is 0 Å². The highest BCUT2D eigenvalue weighted by Gasteiger charge is 2.05. The van der Waals surface area contributed by atoms with Gasteiger partial charge in [-0.15, -0.1) is 0 Å². The largest absolute Gasteiger partial charge is 0.497 e. The van der Waals surface area contributed by atoms with Crippen LogP contribution >= 0.6 is 0 Å². The molecule has 0 atom stereocenters. The zero-order valence-electron chi connectivity index (χ0n) is 13.4. The van der Waals surface area contributed by atoms with E-state index in [2.05, 4.69) is 10.3 Å². The highest BCUT2D eigenvalue weighted by atomic mass is 16.5. The summed E-state index contributed by atoms with van der Waals surface area (Å²) in [5.41, 5.74) is 1.63. The Morgan fingerprint density at radius 2 is 2.04 bits per heavy atom. The zero-order chi connectivity index (χ0) is 16.7. The SMILES string of the molecule is CCc1cc(=O)n(CC(=O)NCCc2ccc(OC)cc2)cn1. The van der Waals surface area contributed by atoms with Gasteiger partial charge >= 0.3 is 0 Å². The first-order valence-electron chi connectivity index (χ1n) is 7.57. The number of aryl methyl sites for hydroxylation is 1. The van der Waals surface area contributed by atoms with Crippen LogP contribution in [0.25, 0.3) is 0 Å². The predicted molar refractivity (Wildman–Crippen MR) is 87.6 cm³/mol. The molecular weight excluding hydrogens is 294 g/mol. The Morgan fingerprint density at radius 3 is 2.65 bits per heavy atom. The molecule has 0 aliphatic rings. The van der Waals surface area contributed by atoms with Crippen molar-refractivity contribution in [2.24, 2.45) is 0 Å². The predicted octanol–water partition coefficient (Wildman–Crippen LogP) is 1.17. The molecule has 0 spiro atoms. The van der Waals surface area contributed by atoms with Crippen molar-refractivity contribution >= 4 is 5.91 Å². The molecule has 1 heterocycles. The average molecular weight is 315 g/mol. The fourth-order valence-electron chi connectivity index (χ4n) is 2.12. The van der Waals surface area contributed by atoms with Crippen molar-refractivity contribution in [3.05, 3.63) is 58.3 Å². The van der Waals surface area contributed by atoms with Gasteiger partial charge in [0.1, 0.15) is 12.3 Å². The number of aromatic nitrogens is 2. The second kappa shape index (κ2) is 8.12. The van der Waals surface area contributed by atoms with Crippen LogP contribution in [0.15, 0.2) is 41.5 Å². The molecule has 0 saturated carbocycles. The summed E-state index contributed by atoms with van der Waals surface area (Å²) < 4.78 is 6.41. The molecule has 2 rings (SSSR count). The maximum atomic E-state index is 11.9. The average Bonchev–Trinajstić information content (AvgIpc) is 2.57. The number of ether oxygens (including phenoxy) is 1. The van der Waals surface area contributed by atoms with Crippen LogP contribution in [0, 0.1) is 0 Å². The topological polar surface area (TPSA) is 73.2 Å². The van der Waals surface area contributed by atoms with Crippen molar-refractivity contribution in [2.75, 3.05) is 13.7 Å². The molecule has 23 heavy (non-hydrogen) atoms. The maximum Gasteiger partial charge on any atom is 0.253 e. The lowest BCUT2D eigenvalue weighted by Crippen LogP contribution is -2.33. The van der Waals surface area contributed by atoms with Gasteiger partial charge in [0.15, 0.2) is 0 Å². The first-order valence-corrected chi connectivity index (χ1v) is 7.57. The monoisotopic (exact) mass is 315 g/mol. The van der Waals surface area contributed by atoms with Gasteiger partial charge < -0.3 is 10.1 Å². The molecule has 0 unspecified atom stereocenters. The van der Waals surface area contributed by atoms with Crippen LogP contribution in [0.5, 0.6) is 5.75 Å². The maximum absolute atomic E-state index is 11.9. The van der Waals surface area contributed by atoms with E-state index in [0.29, 0.717) is 13.0 Å². The Labute approximate surface area is 135 Å². The summed E-state index contributed by atoms with van der Waals surface area (Å²) in [6, 6.07) is 9.16. The Kier molecular flexibility index (Phi) is 5.91. The minimum atomic E-state index is -0.206. The number of nitrogens with zero attached hydrogens (tertiary/aromatic N) is 2. The van der Waals surface area contributed by atoms with E-state index in [1.165, 1.54) is 17.0 Å². The smallest absolute Gasteiger partial charge is 0.253 e. The van der Waals surface area contributed by atoms with Gasteiger partial charge in [-0.3, -0.25) is 14.2 Å². The number of methoxy groups -OCH3 is 1. The number of hydrogen-bond donors (Lipinski definition) is 1. The Hall–Kier alpha value is -2.63. The van der Waals surface area contributed by atoms with Gasteiger partial charge in [0.05, 0.1) is 13.4 Å². The molecule has 0 aliphatic carbocycles. The molecule has 0 fully saturated rings. The van der Waals surface area contributed by atoms with Gasteiger partial charge in [0.2, 0.25) is 5.91 Å². The second-order valence-electron chi connectivity index (χ2n) is 5.15. The summed E-state index contributed by atoms with van der Waals surface area (Å²) in [4.78, 5) is 27.8. The van der Waals surface area contributed by atoms with Crippen LogP contribution in [-0.4, -0.2) is 29.1 Å². The van der Waals surface area contributed by atoms with Crippen LogP contribution in [0.1, 0.15) is 18.2 Å². The van der Waals surface area contributed by atoms with Crippen molar-refractivity contribution in [2.45, 2.75) is 26.3 Å². The summed E-state index contributed by atoms with van der Waals surface area (Å²) in [6.45, 7) is 2.43. The number of nitrogens with one attached hydrogen (secondary N) is 1. The van der Waals surface area contributed by atoms with Crippen molar-refractivity contribution < 1.29 is 9.53 Å². The van der Waals surface area contributed by atoms with Gasteiger partial charge in [-0.25, -0.2) is 4.98 Å². The first kappa shape index (κ1) is 16.7. The van der Waals surface area contributed by atoms with E-state index < -0.39 is 0 Å². The van der Waals surface area contributed by atoms with E-state index in [1.807, 2.05) is 31.2 Å². The normalized spacial score (nSPS) is 10.3. The van der Waals surface area contributed by atoms with Gasteiger partial charge in [-0.2, -0.15) is 0 Å². The van der Waals surface area contributed by atoms with Gasteiger partial charge in [0.25, 0.3) is 5.56 Å². The Morgan fingerprint density at radius 1 is 1.30 bits per heavy atom. The molecule has 2 aromatic rings. The number of benzene rings is 1. The van der Waals surface area contributed by atoms with E-state index in [9.17, 15) is 9.59 Å². The lowest BCUT2D eigenvalue weighted by Gasteiger charge is -2.08. The Balaban J connectivity index is 1.81. The fraction of sp³-hybridized carbons (Fsp3) is 0.353. The zero-order valence-corrected chi connectivity index (χ0v) is 13.4. The molecule has 1 N–H and O–H groups in total. The third-order valence-electron chi connectivity index (χ3n) is 3.51. The molecule has 0 bridgehead atoms. The van der Waals surface area contributed by atoms with Crippen LogP contribution in [0.4, 0.5) is 0 Å². The van der Waals surface area contributed by atoms with Crippen molar-refractivity contribution in [1.82, 2.24) is 14.9 Å². The summed E-state index contributed by atoms with van der Waals surface area (Å²) in [7, 11) is 1.62. The minimum absolute atomic E-state index is 0.0154. The molecule has 122 valence electrons. The molecule has 6 nitrogen and oxygen atoms in total. The highest BCUT2D eigenvalue weighted by Crippen LogP contribution is 2.11. The van der Waals surface area contributed by atoms with Crippen LogP contribution in [-0.2, 0) is 24.2 Å². The number of carbonyl (C=O) groups is 1. The van der Waals surface area contributed by atoms with Crippen molar-refractivity contribution in [3.63, 3.8) is 0 Å². The Bertz CT molecular complexity index is 708. The fourth-order valence-corrected chi connectivity index (χ4v) is 2.12. The highest BCUT2D eigenvalue weighted by molar-refractivity contribution is 5.75. The number of hydrogen-bond acceptors (Lipinski definition) is 4. The molecule has 6 heteroatoms. The summed E-state index contributed by atoms with van der Waals surface area (Å²) in [5, 5.41) is 2.81. The van der Waals surface area contributed by atoms with Gasteiger partial charge in [-0.05, 0) is 30.5 Å². The summed E-state index contributed by atoms with van der Waals surface area (Å²) in [6.07, 6.45) is 2.84. The molecule has 1 amide bonds. The molecule has 1 aromatic heterocycles. The van der Waals surface area contributed by atoms with E-state index in [0.717, 1.165) is 23.4 Å². The molecule has 1 aromatic carbocycles. The summed E-state index contributed by atoms with van der Waals surface area (Å²) >= 11 is 0. The molecular formula is C17H21N3O3. The van der Waals surface area contributed by atoms with E-state index in [4.69, 9.17) is 4.74 Å². The number of rotatable bonds is 7. The minimum Gasteiger partial charge on any atom is -0.497 e. The van der Waals surface area contributed by atoms with Crippen molar-refractivity contribution in [1.29, 1.82) is 0 Å². The third kappa shape index (κ3) is 4.95. The van der Waals surface area contributed by atoms with E-state index in [-0.39, 0.29) is 18.0 Å².